The van der Waals surface area contributed by atoms with Gasteiger partial charge in [0.05, 0.1) is 33.6 Å². The number of amides is 1. The monoisotopic (exact) mass is 508 g/mol. The Morgan fingerprint density at radius 2 is 1.84 bits per heavy atom. The van der Waals surface area contributed by atoms with E-state index in [0.717, 1.165) is 59.7 Å². The van der Waals surface area contributed by atoms with Crippen LogP contribution in [0.2, 0.25) is 5.02 Å². The first-order chi connectivity index (χ1) is 15.2. The fourth-order valence-corrected chi connectivity index (χ4v) is 5.82. The average molecular weight is 509 g/mol. The second kappa shape index (κ2) is 10.4. The van der Waals surface area contributed by atoms with Crippen molar-refractivity contribution in [2.45, 2.75) is 6.42 Å². The summed E-state index contributed by atoms with van der Waals surface area (Å²) < 4.78 is 7.41. The molecule has 1 amide bonds. The van der Waals surface area contributed by atoms with Crippen LogP contribution in [-0.4, -0.2) is 60.2 Å². The van der Waals surface area contributed by atoms with Crippen LogP contribution in [0.4, 0.5) is 5.13 Å². The molecule has 1 aliphatic rings. The van der Waals surface area contributed by atoms with E-state index >= 15 is 0 Å². The van der Waals surface area contributed by atoms with Gasteiger partial charge >= 0.3 is 0 Å². The number of ether oxygens (including phenoxy) is 1. The van der Waals surface area contributed by atoms with Crippen LogP contribution < -0.4 is 4.90 Å². The van der Waals surface area contributed by atoms with Crippen molar-refractivity contribution in [2.24, 2.45) is 0 Å². The van der Waals surface area contributed by atoms with Crippen LogP contribution in [0, 0.1) is 0 Å². The van der Waals surface area contributed by atoms with Crippen molar-refractivity contribution in [1.29, 1.82) is 0 Å². The zero-order valence-electron chi connectivity index (χ0n) is 17.2. The predicted molar refractivity (Wildman–Crippen MR) is 135 cm³/mol. The second-order valence-corrected chi connectivity index (χ2v) is 9.84. The van der Waals surface area contributed by atoms with Crippen molar-refractivity contribution in [3.63, 3.8) is 0 Å². The highest BCUT2D eigenvalue weighted by atomic mass is 35.5. The first-order valence-corrected chi connectivity index (χ1v) is 12.2. The standard InChI is InChI=1S/C22H21ClN4O2S2.ClH/c23-15-6-7-17-19(14-15)31-22(25-17)27(9-3-8-26-10-12-29-13-11-26)21(28)20-24-16-4-1-2-5-18(16)30-20;/h1-2,4-7,14H,3,8-13H2;1H. The van der Waals surface area contributed by atoms with Gasteiger partial charge in [-0.05, 0) is 36.8 Å². The highest BCUT2D eigenvalue weighted by Crippen LogP contribution is 2.32. The molecule has 6 nitrogen and oxygen atoms in total. The number of nitrogens with zero attached hydrogens (tertiary/aromatic N) is 4. The Morgan fingerprint density at radius 3 is 2.66 bits per heavy atom. The van der Waals surface area contributed by atoms with E-state index in [1.54, 1.807) is 4.90 Å². The van der Waals surface area contributed by atoms with E-state index in [4.69, 9.17) is 21.3 Å². The first kappa shape index (κ1) is 23.4. The molecular weight excluding hydrogens is 487 g/mol. The van der Waals surface area contributed by atoms with Crippen LogP contribution >= 0.6 is 46.7 Å². The molecule has 1 fully saturated rings. The minimum atomic E-state index is -0.103. The van der Waals surface area contributed by atoms with Gasteiger partial charge in [0, 0.05) is 31.2 Å². The van der Waals surface area contributed by atoms with Gasteiger partial charge in [-0.15, -0.1) is 23.7 Å². The van der Waals surface area contributed by atoms with Gasteiger partial charge in [0.15, 0.2) is 10.1 Å². The van der Waals surface area contributed by atoms with Crippen molar-refractivity contribution >= 4 is 78.2 Å². The molecule has 1 saturated heterocycles. The molecule has 2 aromatic carbocycles. The van der Waals surface area contributed by atoms with Crippen molar-refractivity contribution in [3.8, 4) is 0 Å². The second-order valence-electron chi connectivity index (χ2n) is 7.36. The first-order valence-electron chi connectivity index (χ1n) is 10.2. The summed E-state index contributed by atoms with van der Waals surface area (Å²) in [4.78, 5) is 27.0. The Labute approximate surface area is 205 Å². The van der Waals surface area contributed by atoms with E-state index in [9.17, 15) is 4.79 Å². The molecule has 0 unspecified atom stereocenters. The maximum Gasteiger partial charge on any atom is 0.289 e. The summed E-state index contributed by atoms with van der Waals surface area (Å²) in [5.74, 6) is -0.103. The smallest absolute Gasteiger partial charge is 0.289 e. The maximum absolute atomic E-state index is 13.5. The topological polar surface area (TPSA) is 58.6 Å². The zero-order valence-corrected chi connectivity index (χ0v) is 20.4. The zero-order chi connectivity index (χ0) is 21.2. The fraction of sp³-hybridized carbons (Fsp3) is 0.318. The lowest BCUT2D eigenvalue weighted by atomic mass is 10.3. The Kier molecular flexibility index (Phi) is 7.60. The van der Waals surface area contributed by atoms with Crippen LogP contribution in [0.15, 0.2) is 42.5 Å². The number of fused-ring (bicyclic) bond motifs is 2. The number of thiazole rings is 2. The summed E-state index contributed by atoms with van der Waals surface area (Å²) in [6, 6.07) is 13.4. The molecule has 3 heterocycles. The molecule has 4 aromatic rings. The third-order valence-corrected chi connectivity index (χ3v) is 7.55. The molecule has 0 radical (unpaired) electrons. The molecule has 10 heteroatoms. The van der Waals surface area contributed by atoms with Crippen LogP contribution in [-0.2, 0) is 4.74 Å². The summed E-state index contributed by atoms with van der Waals surface area (Å²) in [6.07, 6.45) is 0.854. The summed E-state index contributed by atoms with van der Waals surface area (Å²) in [5.41, 5.74) is 1.69. The van der Waals surface area contributed by atoms with Gasteiger partial charge in [-0.1, -0.05) is 35.1 Å². The normalized spacial score (nSPS) is 14.5. The van der Waals surface area contributed by atoms with Crippen LogP contribution in [0.1, 0.15) is 16.2 Å². The molecule has 0 N–H and O–H groups in total. The van der Waals surface area contributed by atoms with Gasteiger partial charge < -0.3 is 4.74 Å². The third-order valence-electron chi connectivity index (χ3n) is 5.25. The minimum absolute atomic E-state index is 0. The SMILES string of the molecule is Cl.O=C(c1nc2ccccc2s1)N(CCCN1CCOCC1)c1nc2ccc(Cl)cc2s1. The van der Waals surface area contributed by atoms with Crippen LogP contribution in [0.25, 0.3) is 20.4 Å². The van der Waals surface area contributed by atoms with E-state index in [-0.39, 0.29) is 18.3 Å². The highest BCUT2D eigenvalue weighted by Gasteiger charge is 2.24. The molecule has 5 rings (SSSR count). The van der Waals surface area contributed by atoms with Crippen molar-refractivity contribution in [1.82, 2.24) is 14.9 Å². The van der Waals surface area contributed by atoms with E-state index < -0.39 is 0 Å². The lowest BCUT2D eigenvalue weighted by Crippen LogP contribution is -2.39. The van der Waals surface area contributed by atoms with Gasteiger partial charge in [0.2, 0.25) is 0 Å². The number of carbonyl (C=O) groups excluding carboxylic acids is 1. The van der Waals surface area contributed by atoms with Gasteiger partial charge in [-0.2, -0.15) is 0 Å². The quantitative estimate of drug-likeness (QED) is 0.351. The summed E-state index contributed by atoms with van der Waals surface area (Å²) in [5, 5.41) is 1.84. The van der Waals surface area contributed by atoms with E-state index in [1.807, 2.05) is 42.5 Å². The van der Waals surface area contributed by atoms with E-state index in [1.165, 1.54) is 22.7 Å². The molecule has 0 aliphatic carbocycles. The number of halogens is 2. The molecule has 0 spiro atoms. The average Bonchev–Trinajstić information content (AvgIpc) is 3.40. The Hall–Kier alpha value is -1.81. The Morgan fingerprint density at radius 1 is 1.06 bits per heavy atom. The predicted octanol–water partition coefficient (Wildman–Crippen LogP) is 5.35. The number of carbonyl (C=O) groups is 1. The van der Waals surface area contributed by atoms with E-state index in [0.29, 0.717) is 21.7 Å². The van der Waals surface area contributed by atoms with Crippen LogP contribution in [0.3, 0.4) is 0 Å². The largest absolute Gasteiger partial charge is 0.379 e. The van der Waals surface area contributed by atoms with Gasteiger partial charge in [0.1, 0.15) is 0 Å². The Balaban J connectivity index is 0.00000245. The molecule has 32 heavy (non-hydrogen) atoms. The number of rotatable bonds is 6. The molecule has 1 aliphatic heterocycles. The molecule has 0 saturated carbocycles. The molecule has 2 aromatic heterocycles. The van der Waals surface area contributed by atoms with Crippen LogP contribution in [0.5, 0.6) is 0 Å². The highest BCUT2D eigenvalue weighted by molar-refractivity contribution is 7.23. The van der Waals surface area contributed by atoms with Crippen molar-refractivity contribution < 1.29 is 9.53 Å². The molecule has 0 atom stereocenters. The number of aromatic nitrogens is 2. The molecule has 168 valence electrons. The lowest BCUT2D eigenvalue weighted by Gasteiger charge is -2.27. The summed E-state index contributed by atoms with van der Waals surface area (Å²) in [7, 11) is 0. The number of morpholine rings is 1. The number of benzene rings is 2. The Bertz CT molecular complexity index is 1190. The minimum Gasteiger partial charge on any atom is -0.379 e. The van der Waals surface area contributed by atoms with E-state index in [2.05, 4.69) is 9.88 Å². The number of hydrogen-bond donors (Lipinski definition) is 0. The van der Waals surface area contributed by atoms with Gasteiger partial charge in [0.25, 0.3) is 5.91 Å². The fourth-order valence-electron chi connectivity index (χ4n) is 3.64. The van der Waals surface area contributed by atoms with Gasteiger partial charge in [-0.25, -0.2) is 9.97 Å². The molecular formula is C22H22Cl2N4O2S2. The van der Waals surface area contributed by atoms with Gasteiger partial charge in [-0.3, -0.25) is 14.6 Å². The maximum atomic E-state index is 13.5. The summed E-state index contributed by atoms with van der Waals surface area (Å²) >= 11 is 9.07. The third kappa shape index (κ3) is 5.06. The number of hydrogen-bond acceptors (Lipinski definition) is 7. The number of para-hydroxylation sites is 1. The summed E-state index contributed by atoms with van der Waals surface area (Å²) in [6.45, 7) is 4.92. The number of anilines is 1. The lowest BCUT2D eigenvalue weighted by molar-refractivity contribution is 0.0376. The van der Waals surface area contributed by atoms with Crippen molar-refractivity contribution in [3.05, 3.63) is 52.5 Å². The molecule has 0 bridgehead atoms. The van der Waals surface area contributed by atoms with Crippen molar-refractivity contribution in [2.75, 3.05) is 44.3 Å².